The summed E-state index contributed by atoms with van der Waals surface area (Å²) in [5, 5.41) is 3.16. The van der Waals surface area contributed by atoms with E-state index in [0.29, 0.717) is 18.4 Å². The lowest BCUT2D eigenvalue weighted by molar-refractivity contribution is -0.153. The van der Waals surface area contributed by atoms with E-state index < -0.39 is 5.60 Å². The Morgan fingerprint density at radius 2 is 1.68 bits per heavy atom. The van der Waals surface area contributed by atoms with Crippen molar-refractivity contribution in [1.82, 2.24) is 5.32 Å². The normalized spacial score (nSPS) is 22.2. The van der Waals surface area contributed by atoms with E-state index >= 15 is 0 Å². The lowest BCUT2D eigenvalue weighted by Crippen LogP contribution is -2.32. The van der Waals surface area contributed by atoms with Gasteiger partial charge in [0.1, 0.15) is 5.60 Å². The maximum absolute atomic E-state index is 11.6. The van der Waals surface area contributed by atoms with Crippen molar-refractivity contribution in [3.05, 3.63) is 0 Å². The number of hydrogen-bond donors (Lipinski definition) is 1. The minimum Gasteiger partial charge on any atom is -0.466 e. The van der Waals surface area contributed by atoms with Crippen LogP contribution in [-0.2, 0) is 19.1 Å². The first-order valence-corrected chi connectivity index (χ1v) is 8.32. The average molecular weight is 313 g/mol. The molecule has 1 fully saturated rings. The molecule has 5 nitrogen and oxygen atoms in total. The number of carbonyl (C=O) groups excluding carboxylic acids is 2. The fourth-order valence-corrected chi connectivity index (χ4v) is 2.80. The van der Waals surface area contributed by atoms with Crippen molar-refractivity contribution in [3.8, 4) is 0 Å². The molecule has 0 aromatic rings. The number of ether oxygens (including phenoxy) is 2. The van der Waals surface area contributed by atoms with Crippen LogP contribution >= 0.6 is 0 Å². The Bertz CT molecular complexity index is 354. The fourth-order valence-electron chi connectivity index (χ4n) is 2.80. The second kappa shape index (κ2) is 9.13. The maximum atomic E-state index is 11.6. The molecule has 1 N–H and O–H groups in total. The van der Waals surface area contributed by atoms with E-state index in [1.807, 2.05) is 20.8 Å². The molecule has 22 heavy (non-hydrogen) atoms. The van der Waals surface area contributed by atoms with Crippen molar-refractivity contribution in [2.45, 2.75) is 65.4 Å². The quantitative estimate of drug-likeness (QED) is 0.578. The van der Waals surface area contributed by atoms with Gasteiger partial charge in [-0.15, -0.1) is 0 Å². The lowest BCUT2D eigenvalue weighted by Gasteiger charge is -2.28. The van der Waals surface area contributed by atoms with Crippen LogP contribution in [-0.4, -0.2) is 37.2 Å². The molecule has 0 amide bonds. The molecule has 0 atom stereocenters. The standard InChI is InChI=1S/C17H31NO4/c1-13(19)21-12-15-7-5-14(6-8-15)9-10-18-11-16(20)22-17(2,3)4/h14-15,18H,5-12H2,1-4H3. The molecule has 128 valence electrons. The summed E-state index contributed by atoms with van der Waals surface area (Å²) in [6.45, 7) is 8.77. The van der Waals surface area contributed by atoms with Gasteiger partial charge in [0.05, 0.1) is 13.2 Å². The van der Waals surface area contributed by atoms with Crippen molar-refractivity contribution in [2.75, 3.05) is 19.7 Å². The summed E-state index contributed by atoms with van der Waals surface area (Å²) in [7, 11) is 0. The number of rotatable bonds is 7. The smallest absolute Gasteiger partial charge is 0.320 e. The van der Waals surface area contributed by atoms with E-state index in [1.54, 1.807) is 0 Å². The summed E-state index contributed by atoms with van der Waals surface area (Å²) in [6.07, 6.45) is 5.71. The zero-order valence-electron chi connectivity index (χ0n) is 14.4. The third-order valence-electron chi connectivity index (χ3n) is 3.91. The molecule has 0 unspecified atom stereocenters. The second-order valence-corrected chi connectivity index (χ2v) is 7.24. The molecule has 0 radical (unpaired) electrons. The largest absolute Gasteiger partial charge is 0.466 e. The van der Waals surface area contributed by atoms with Gasteiger partial charge in [-0.2, -0.15) is 0 Å². The number of hydrogen-bond acceptors (Lipinski definition) is 5. The topological polar surface area (TPSA) is 64.6 Å². The number of nitrogens with one attached hydrogen (secondary N) is 1. The van der Waals surface area contributed by atoms with E-state index in [9.17, 15) is 9.59 Å². The molecule has 0 aromatic heterocycles. The number of carbonyl (C=O) groups is 2. The molecule has 1 saturated carbocycles. The first-order chi connectivity index (χ1) is 10.3. The van der Waals surface area contributed by atoms with Gasteiger partial charge in [0.2, 0.25) is 0 Å². The summed E-state index contributed by atoms with van der Waals surface area (Å²) in [5.41, 5.74) is -0.418. The summed E-state index contributed by atoms with van der Waals surface area (Å²) in [6, 6.07) is 0. The Hall–Kier alpha value is -1.10. The van der Waals surface area contributed by atoms with Gasteiger partial charge >= 0.3 is 11.9 Å². The van der Waals surface area contributed by atoms with Crippen LogP contribution in [0.4, 0.5) is 0 Å². The molecule has 0 bridgehead atoms. The highest BCUT2D eigenvalue weighted by atomic mass is 16.6. The Labute approximate surface area is 134 Å². The Morgan fingerprint density at radius 3 is 2.23 bits per heavy atom. The van der Waals surface area contributed by atoms with Crippen LogP contribution in [0.5, 0.6) is 0 Å². The van der Waals surface area contributed by atoms with Crippen molar-refractivity contribution in [1.29, 1.82) is 0 Å². The van der Waals surface area contributed by atoms with E-state index in [0.717, 1.165) is 25.8 Å². The predicted molar refractivity (Wildman–Crippen MR) is 85.4 cm³/mol. The molecule has 1 aliphatic rings. The van der Waals surface area contributed by atoms with Crippen LogP contribution in [0.2, 0.25) is 0 Å². The molecule has 1 aliphatic carbocycles. The van der Waals surface area contributed by atoms with Crippen LogP contribution < -0.4 is 5.32 Å². The first-order valence-electron chi connectivity index (χ1n) is 8.32. The zero-order valence-corrected chi connectivity index (χ0v) is 14.4. The van der Waals surface area contributed by atoms with Crippen LogP contribution in [0, 0.1) is 11.8 Å². The fraction of sp³-hybridized carbons (Fsp3) is 0.882. The minimum atomic E-state index is -0.418. The van der Waals surface area contributed by atoms with Gasteiger partial charge in [-0.25, -0.2) is 0 Å². The molecule has 0 aromatic carbocycles. The zero-order chi connectivity index (χ0) is 16.6. The molecule has 0 saturated heterocycles. The molecule has 5 heteroatoms. The van der Waals surface area contributed by atoms with Gasteiger partial charge in [-0.1, -0.05) is 12.8 Å². The van der Waals surface area contributed by atoms with E-state index in [4.69, 9.17) is 9.47 Å². The summed E-state index contributed by atoms with van der Waals surface area (Å²) in [5.74, 6) is 0.848. The van der Waals surface area contributed by atoms with Gasteiger partial charge in [-0.05, 0) is 58.4 Å². The van der Waals surface area contributed by atoms with E-state index in [1.165, 1.54) is 19.8 Å². The van der Waals surface area contributed by atoms with Gasteiger partial charge in [0.15, 0.2) is 0 Å². The van der Waals surface area contributed by atoms with E-state index in [2.05, 4.69) is 5.32 Å². The first kappa shape index (κ1) is 18.9. The molecular formula is C17H31NO4. The average Bonchev–Trinajstić information content (AvgIpc) is 2.40. The van der Waals surface area contributed by atoms with Crippen LogP contribution in [0.1, 0.15) is 59.8 Å². The molecule has 0 heterocycles. The minimum absolute atomic E-state index is 0.187. The van der Waals surface area contributed by atoms with Crippen molar-refractivity contribution in [3.63, 3.8) is 0 Å². The SMILES string of the molecule is CC(=O)OCC1CCC(CCNCC(=O)OC(C)(C)C)CC1. The van der Waals surface area contributed by atoms with Gasteiger partial charge < -0.3 is 14.8 Å². The van der Waals surface area contributed by atoms with Gasteiger partial charge in [0, 0.05) is 6.92 Å². The predicted octanol–water partition coefficient (Wildman–Crippen LogP) is 2.68. The van der Waals surface area contributed by atoms with Gasteiger partial charge in [0.25, 0.3) is 0 Å². The highest BCUT2D eigenvalue weighted by Crippen LogP contribution is 2.30. The van der Waals surface area contributed by atoms with Crippen molar-refractivity contribution in [2.24, 2.45) is 11.8 Å². The molecular weight excluding hydrogens is 282 g/mol. The highest BCUT2D eigenvalue weighted by Gasteiger charge is 2.22. The summed E-state index contributed by atoms with van der Waals surface area (Å²) < 4.78 is 10.3. The Balaban J connectivity index is 2.05. The maximum Gasteiger partial charge on any atom is 0.320 e. The molecule has 0 spiro atoms. The second-order valence-electron chi connectivity index (χ2n) is 7.24. The number of esters is 2. The van der Waals surface area contributed by atoms with Crippen molar-refractivity contribution >= 4 is 11.9 Å². The van der Waals surface area contributed by atoms with Crippen LogP contribution in [0.25, 0.3) is 0 Å². The third kappa shape index (κ3) is 9.03. The monoisotopic (exact) mass is 313 g/mol. The van der Waals surface area contributed by atoms with Gasteiger partial charge in [-0.3, -0.25) is 9.59 Å². The van der Waals surface area contributed by atoms with E-state index in [-0.39, 0.29) is 18.5 Å². The summed E-state index contributed by atoms with van der Waals surface area (Å²) >= 11 is 0. The lowest BCUT2D eigenvalue weighted by atomic mass is 9.81. The molecule has 1 rings (SSSR count). The third-order valence-corrected chi connectivity index (χ3v) is 3.91. The van der Waals surface area contributed by atoms with Crippen LogP contribution in [0.15, 0.2) is 0 Å². The van der Waals surface area contributed by atoms with Crippen molar-refractivity contribution < 1.29 is 19.1 Å². The molecule has 0 aliphatic heterocycles. The Morgan fingerprint density at radius 1 is 1.09 bits per heavy atom. The summed E-state index contributed by atoms with van der Waals surface area (Å²) in [4.78, 5) is 22.4. The highest BCUT2D eigenvalue weighted by molar-refractivity contribution is 5.72. The Kier molecular flexibility index (Phi) is 7.87. The van der Waals surface area contributed by atoms with Crippen LogP contribution in [0.3, 0.4) is 0 Å².